The van der Waals surface area contributed by atoms with Crippen molar-refractivity contribution in [2.75, 3.05) is 6.54 Å². The molecule has 1 aliphatic carbocycles. The highest BCUT2D eigenvalue weighted by Gasteiger charge is 2.27. The van der Waals surface area contributed by atoms with E-state index in [1.807, 2.05) is 11.8 Å². The summed E-state index contributed by atoms with van der Waals surface area (Å²) in [6, 6.07) is 3.43. The lowest BCUT2D eigenvalue weighted by atomic mass is 9.93. The fourth-order valence-electron chi connectivity index (χ4n) is 2.85. The van der Waals surface area contributed by atoms with Gasteiger partial charge in [-0.3, -0.25) is 4.79 Å². The third-order valence-corrected chi connectivity index (χ3v) is 4.65. The monoisotopic (exact) mass is 333 g/mol. The normalized spacial score (nSPS) is 16.2. The number of carbonyl (C=O) groups excluding carboxylic acids is 1. The molecule has 0 atom stereocenters. The van der Waals surface area contributed by atoms with E-state index in [1.165, 1.54) is 19.3 Å². The van der Waals surface area contributed by atoms with Crippen molar-refractivity contribution in [1.82, 2.24) is 4.90 Å². The lowest BCUT2D eigenvalue weighted by molar-refractivity contribution is 0.0648. The van der Waals surface area contributed by atoms with E-state index >= 15 is 0 Å². The summed E-state index contributed by atoms with van der Waals surface area (Å²) in [7, 11) is 0. The van der Waals surface area contributed by atoms with E-state index in [-0.39, 0.29) is 5.91 Å². The Balaban J connectivity index is 2.28. The van der Waals surface area contributed by atoms with Gasteiger partial charge in [0.1, 0.15) is 0 Å². The van der Waals surface area contributed by atoms with Gasteiger partial charge >= 0.3 is 0 Å². The van der Waals surface area contributed by atoms with Gasteiger partial charge < -0.3 is 4.90 Å². The zero-order chi connectivity index (χ0) is 14.7. The minimum Gasteiger partial charge on any atom is -0.336 e. The molecule has 0 radical (unpaired) electrons. The first-order chi connectivity index (χ1) is 9.54. The molecule has 0 heterocycles. The number of rotatable bonds is 3. The first-order valence-electron chi connectivity index (χ1n) is 7.00. The van der Waals surface area contributed by atoms with Crippen molar-refractivity contribution in [3.63, 3.8) is 0 Å². The second-order valence-electron chi connectivity index (χ2n) is 5.13. The highest BCUT2D eigenvalue weighted by Crippen LogP contribution is 2.32. The number of halogens is 3. The fraction of sp³-hybridized carbons (Fsp3) is 0.533. The molecule has 5 heteroatoms. The van der Waals surface area contributed by atoms with Crippen molar-refractivity contribution >= 4 is 40.7 Å². The first kappa shape index (κ1) is 15.9. The Morgan fingerprint density at radius 1 is 1.15 bits per heavy atom. The number of amides is 1. The molecular formula is C15H18Cl3NO. The van der Waals surface area contributed by atoms with Gasteiger partial charge in [-0.15, -0.1) is 0 Å². The Morgan fingerprint density at radius 3 is 2.20 bits per heavy atom. The van der Waals surface area contributed by atoms with Gasteiger partial charge in [0.25, 0.3) is 5.91 Å². The molecule has 0 spiro atoms. The van der Waals surface area contributed by atoms with Crippen LogP contribution in [0.3, 0.4) is 0 Å². The summed E-state index contributed by atoms with van der Waals surface area (Å²) in [5.74, 6) is -0.0916. The zero-order valence-corrected chi connectivity index (χ0v) is 13.7. The molecule has 1 aromatic rings. The topological polar surface area (TPSA) is 20.3 Å². The van der Waals surface area contributed by atoms with Crippen molar-refractivity contribution < 1.29 is 4.79 Å². The summed E-state index contributed by atoms with van der Waals surface area (Å²) in [4.78, 5) is 14.6. The molecule has 2 rings (SSSR count). The average Bonchev–Trinajstić information content (AvgIpc) is 2.39. The van der Waals surface area contributed by atoms with Crippen LogP contribution in [0.4, 0.5) is 0 Å². The third-order valence-electron chi connectivity index (χ3n) is 3.84. The quantitative estimate of drug-likeness (QED) is 0.720. The van der Waals surface area contributed by atoms with Crippen LogP contribution in [-0.4, -0.2) is 23.4 Å². The maximum absolute atomic E-state index is 12.7. The van der Waals surface area contributed by atoms with E-state index in [9.17, 15) is 4.79 Å². The second-order valence-corrected chi connectivity index (χ2v) is 6.38. The molecule has 0 aromatic heterocycles. The van der Waals surface area contributed by atoms with Crippen molar-refractivity contribution in [2.24, 2.45) is 0 Å². The van der Waals surface area contributed by atoms with Crippen LogP contribution in [0.1, 0.15) is 49.4 Å². The van der Waals surface area contributed by atoms with Crippen LogP contribution in [0.25, 0.3) is 0 Å². The molecule has 2 nitrogen and oxygen atoms in total. The molecule has 1 fully saturated rings. The number of hydrogen-bond acceptors (Lipinski definition) is 1. The lowest BCUT2D eigenvalue weighted by Gasteiger charge is -2.34. The molecule has 0 N–H and O–H groups in total. The van der Waals surface area contributed by atoms with E-state index < -0.39 is 0 Å². The van der Waals surface area contributed by atoms with Gasteiger partial charge in [-0.25, -0.2) is 0 Å². The van der Waals surface area contributed by atoms with Crippen LogP contribution in [-0.2, 0) is 0 Å². The largest absolute Gasteiger partial charge is 0.336 e. The average molecular weight is 335 g/mol. The Bertz CT molecular complexity index is 475. The molecule has 110 valence electrons. The third kappa shape index (κ3) is 3.41. The standard InChI is InChI=1S/C15H18Cl3NO/c1-2-19(11-6-4-3-5-7-11)15(20)14-12(17)8-10(16)9-13(14)18/h8-9,11H,2-7H2,1H3. The molecule has 0 bridgehead atoms. The molecule has 0 unspecified atom stereocenters. The molecular weight excluding hydrogens is 317 g/mol. The summed E-state index contributed by atoms with van der Waals surface area (Å²) in [5.41, 5.74) is 0.366. The predicted octanol–water partition coefficient (Wildman–Crippen LogP) is 5.44. The van der Waals surface area contributed by atoms with Crippen LogP contribution in [0.2, 0.25) is 15.1 Å². The van der Waals surface area contributed by atoms with Crippen molar-refractivity contribution in [3.05, 3.63) is 32.8 Å². The zero-order valence-electron chi connectivity index (χ0n) is 11.5. The minimum atomic E-state index is -0.0916. The van der Waals surface area contributed by atoms with Gasteiger partial charge in [-0.1, -0.05) is 54.1 Å². The van der Waals surface area contributed by atoms with Gasteiger partial charge in [0.15, 0.2) is 0 Å². The van der Waals surface area contributed by atoms with Crippen LogP contribution >= 0.6 is 34.8 Å². The smallest absolute Gasteiger partial charge is 0.257 e. The van der Waals surface area contributed by atoms with Crippen molar-refractivity contribution in [1.29, 1.82) is 0 Å². The number of benzene rings is 1. The molecule has 1 aromatic carbocycles. The second kappa shape index (κ2) is 7.02. The van der Waals surface area contributed by atoms with Crippen molar-refractivity contribution in [3.8, 4) is 0 Å². The van der Waals surface area contributed by atoms with Gasteiger partial charge in [0, 0.05) is 17.6 Å². The summed E-state index contributed by atoms with van der Waals surface area (Å²) >= 11 is 18.2. The Kier molecular flexibility index (Phi) is 5.59. The molecule has 1 saturated carbocycles. The van der Waals surface area contributed by atoms with E-state index in [1.54, 1.807) is 12.1 Å². The van der Waals surface area contributed by atoms with E-state index in [2.05, 4.69) is 0 Å². The van der Waals surface area contributed by atoms with Crippen molar-refractivity contribution in [2.45, 2.75) is 45.1 Å². The number of carbonyl (C=O) groups is 1. The van der Waals surface area contributed by atoms with Gasteiger partial charge in [0.2, 0.25) is 0 Å². The number of hydrogen-bond donors (Lipinski definition) is 0. The summed E-state index contributed by atoms with van der Waals surface area (Å²) in [6.45, 7) is 2.66. The predicted molar refractivity (Wildman–Crippen MR) is 85.1 cm³/mol. The molecule has 20 heavy (non-hydrogen) atoms. The Labute approximate surface area is 135 Å². The van der Waals surface area contributed by atoms with Crippen LogP contribution < -0.4 is 0 Å². The van der Waals surface area contributed by atoms with Crippen LogP contribution in [0, 0.1) is 0 Å². The summed E-state index contributed by atoms with van der Waals surface area (Å²) in [5, 5.41) is 1.08. The van der Waals surface area contributed by atoms with E-state index in [4.69, 9.17) is 34.8 Å². The van der Waals surface area contributed by atoms with Gasteiger partial charge in [-0.05, 0) is 31.9 Å². The fourth-order valence-corrected chi connectivity index (χ4v) is 3.83. The highest BCUT2D eigenvalue weighted by molar-refractivity contribution is 6.42. The highest BCUT2D eigenvalue weighted by atomic mass is 35.5. The SMILES string of the molecule is CCN(C(=O)c1c(Cl)cc(Cl)cc1Cl)C1CCCCC1. The Hall–Kier alpha value is -0.440. The van der Waals surface area contributed by atoms with E-state index in [0.717, 1.165) is 12.8 Å². The molecule has 1 aliphatic rings. The van der Waals surface area contributed by atoms with E-state index in [0.29, 0.717) is 33.2 Å². The molecule has 0 aliphatic heterocycles. The minimum absolute atomic E-state index is 0.0916. The maximum atomic E-state index is 12.7. The Morgan fingerprint density at radius 2 is 1.70 bits per heavy atom. The molecule has 0 saturated heterocycles. The van der Waals surface area contributed by atoms with Gasteiger partial charge in [-0.2, -0.15) is 0 Å². The number of nitrogens with zero attached hydrogens (tertiary/aromatic N) is 1. The van der Waals surface area contributed by atoms with Crippen LogP contribution in [0.15, 0.2) is 12.1 Å². The summed E-state index contributed by atoms with van der Waals surface area (Å²) in [6.07, 6.45) is 5.72. The first-order valence-corrected chi connectivity index (χ1v) is 8.13. The molecule has 1 amide bonds. The maximum Gasteiger partial charge on any atom is 0.257 e. The van der Waals surface area contributed by atoms with Crippen LogP contribution in [0.5, 0.6) is 0 Å². The lowest BCUT2D eigenvalue weighted by Crippen LogP contribution is -2.41. The van der Waals surface area contributed by atoms with Gasteiger partial charge in [0.05, 0.1) is 15.6 Å². The summed E-state index contributed by atoms with van der Waals surface area (Å²) < 4.78 is 0.